The van der Waals surface area contributed by atoms with Crippen molar-refractivity contribution < 1.29 is 9.59 Å². The van der Waals surface area contributed by atoms with E-state index < -0.39 is 11.3 Å². The lowest BCUT2D eigenvalue weighted by Gasteiger charge is -2.12. The van der Waals surface area contributed by atoms with E-state index in [0.29, 0.717) is 35.1 Å². The number of aryl methyl sites for hydroxylation is 1. The van der Waals surface area contributed by atoms with Gasteiger partial charge in [0.1, 0.15) is 11.1 Å². The quantitative estimate of drug-likeness (QED) is 0.430. The van der Waals surface area contributed by atoms with E-state index in [0.717, 1.165) is 16.6 Å². The highest BCUT2D eigenvalue weighted by molar-refractivity contribution is 6.38. The number of hydrogen-bond donors (Lipinski definition) is 2. The average molecular weight is 451 g/mol. The average Bonchev–Trinajstić information content (AvgIpc) is 3.43. The molecule has 32 heavy (non-hydrogen) atoms. The number of tetrazole rings is 1. The summed E-state index contributed by atoms with van der Waals surface area (Å²) in [7, 11) is 1.69. The number of pyridine rings is 1. The molecule has 3 aromatic heterocycles. The van der Waals surface area contributed by atoms with E-state index in [2.05, 4.69) is 25.7 Å². The molecule has 1 fully saturated rings. The zero-order valence-corrected chi connectivity index (χ0v) is 17.9. The van der Waals surface area contributed by atoms with Crippen molar-refractivity contribution >= 4 is 34.3 Å². The number of hydrogen-bond acceptors (Lipinski definition) is 6. The predicted molar refractivity (Wildman–Crippen MR) is 117 cm³/mol. The molecule has 0 unspecified atom stereocenters. The molecule has 0 spiro atoms. The number of carbonyl (C=O) groups is 2. The Labute approximate surface area is 187 Å². The van der Waals surface area contributed by atoms with Crippen LogP contribution in [0.2, 0.25) is 5.02 Å². The molecule has 3 N–H and O–H groups in total. The van der Waals surface area contributed by atoms with E-state index >= 15 is 0 Å². The summed E-state index contributed by atoms with van der Waals surface area (Å²) < 4.78 is 1.93. The number of aromatic nitrogens is 6. The molecule has 0 bridgehead atoms. The van der Waals surface area contributed by atoms with Crippen LogP contribution in [-0.2, 0) is 23.2 Å². The Bertz CT molecular complexity index is 1350. The number of halogens is 1. The smallest absolute Gasteiger partial charge is 0.236 e. The predicted octanol–water partition coefficient (Wildman–Crippen LogP) is 1.75. The maximum atomic E-state index is 12.3. The van der Waals surface area contributed by atoms with Gasteiger partial charge in [-0.25, -0.2) is 0 Å². The maximum absolute atomic E-state index is 12.3. The minimum Gasteiger partial charge on any atom is -0.369 e. The molecular weight excluding hydrogens is 432 g/mol. The SMILES string of the molecule is Cn1nnc(-c2c(Cl)c3ccccc3n2-c2ccc(CNC(=O)C3(C(N)=O)CC3)nc2)n1. The molecular formula is C21H19ClN8O2. The van der Waals surface area contributed by atoms with Gasteiger partial charge in [0.2, 0.25) is 17.6 Å². The van der Waals surface area contributed by atoms with Crippen molar-refractivity contribution in [2.24, 2.45) is 18.2 Å². The van der Waals surface area contributed by atoms with Crippen molar-refractivity contribution in [3.05, 3.63) is 53.3 Å². The van der Waals surface area contributed by atoms with Gasteiger partial charge in [-0.05, 0) is 36.3 Å². The number of nitrogens with two attached hydrogens (primary N) is 1. The normalized spacial score (nSPS) is 14.4. The number of para-hydroxylation sites is 1. The van der Waals surface area contributed by atoms with Crippen LogP contribution in [0.3, 0.4) is 0 Å². The Morgan fingerprint density at radius 1 is 1.22 bits per heavy atom. The van der Waals surface area contributed by atoms with Crippen molar-refractivity contribution in [1.29, 1.82) is 0 Å². The molecule has 5 rings (SSSR count). The van der Waals surface area contributed by atoms with Gasteiger partial charge in [0.15, 0.2) is 0 Å². The lowest BCUT2D eigenvalue weighted by atomic mass is 10.1. The minimum atomic E-state index is -1.06. The monoisotopic (exact) mass is 450 g/mol. The fourth-order valence-corrected chi connectivity index (χ4v) is 4.08. The minimum absolute atomic E-state index is 0.194. The van der Waals surface area contributed by atoms with Crippen molar-refractivity contribution in [1.82, 2.24) is 35.1 Å². The van der Waals surface area contributed by atoms with Crippen LogP contribution in [0.5, 0.6) is 0 Å². The number of fused-ring (bicyclic) bond motifs is 1. The standard InChI is InChI=1S/C21H19ClN8O2/c1-29-27-18(26-28-29)17-16(22)14-4-2-3-5-15(14)30(17)13-7-6-12(24-11-13)10-25-20(32)21(8-9-21)19(23)31/h2-7,11H,8-10H2,1H3,(H2,23,31)(H,25,32). The van der Waals surface area contributed by atoms with Crippen LogP contribution in [0.1, 0.15) is 18.5 Å². The van der Waals surface area contributed by atoms with E-state index in [9.17, 15) is 9.59 Å². The highest BCUT2D eigenvalue weighted by Crippen LogP contribution is 2.45. The Hall–Kier alpha value is -3.79. The number of nitrogens with zero attached hydrogens (tertiary/aromatic N) is 6. The fourth-order valence-electron chi connectivity index (χ4n) is 3.75. The number of benzene rings is 1. The topological polar surface area (TPSA) is 134 Å². The molecule has 10 nitrogen and oxygen atoms in total. The van der Waals surface area contributed by atoms with Crippen LogP contribution >= 0.6 is 11.6 Å². The van der Waals surface area contributed by atoms with Gasteiger partial charge in [-0.15, -0.1) is 10.2 Å². The number of amides is 2. The highest BCUT2D eigenvalue weighted by atomic mass is 35.5. The molecule has 0 saturated heterocycles. The molecule has 11 heteroatoms. The van der Waals surface area contributed by atoms with Gasteiger partial charge in [0, 0.05) is 5.39 Å². The number of nitrogens with one attached hydrogen (secondary N) is 1. The molecule has 1 aliphatic carbocycles. The number of carbonyl (C=O) groups excluding carboxylic acids is 2. The zero-order valence-electron chi connectivity index (χ0n) is 17.1. The third-order valence-electron chi connectivity index (χ3n) is 5.69. The Kier molecular flexibility index (Phi) is 4.66. The molecule has 1 aromatic carbocycles. The van der Waals surface area contributed by atoms with E-state index in [4.69, 9.17) is 17.3 Å². The van der Waals surface area contributed by atoms with Crippen LogP contribution in [0.15, 0.2) is 42.6 Å². The third-order valence-corrected chi connectivity index (χ3v) is 6.07. The summed E-state index contributed by atoms with van der Waals surface area (Å²) in [5.74, 6) is -0.541. The summed E-state index contributed by atoms with van der Waals surface area (Å²) in [5.41, 5.74) is 7.18. The summed E-state index contributed by atoms with van der Waals surface area (Å²) in [6, 6.07) is 11.4. The van der Waals surface area contributed by atoms with Crippen LogP contribution in [-0.4, -0.2) is 41.6 Å². The lowest BCUT2D eigenvalue weighted by Crippen LogP contribution is -2.40. The molecule has 3 heterocycles. The summed E-state index contributed by atoms with van der Waals surface area (Å²) >= 11 is 6.70. The van der Waals surface area contributed by atoms with Crippen LogP contribution < -0.4 is 11.1 Å². The van der Waals surface area contributed by atoms with E-state index in [1.165, 1.54) is 4.80 Å². The van der Waals surface area contributed by atoms with Gasteiger partial charge >= 0.3 is 0 Å². The maximum Gasteiger partial charge on any atom is 0.236 e. The van der Waals surface area contributed by atoms with Gasteiger partial charge in [0.25, 0.3) is 0 Å². The summed E-state index contributed by atoms with van der Waals surface area (Å²) in [6.45, 7) is 0.194. The third kappa shape index (κ3) is 3.19. The van der Waals surface area contributed by atoms with Gasteiger partial charge in [0.05, 0.1) is 41.7 Å². The molecule has 0 aliphatic heterocycles. The van der Waals surface area contributed by atoms with Crippen molar-refractivity contribution in [3.8, 4) is 17.2 Å². The molecule has 0 atom stereocenters. The molecule has 1 saturated carbocycles. The Balaban J connectivity index is 1.47. The molecule has 4 aromatic rings. The lowest BCUT2D eigenvalue weighted by molar-refractivity contribution is -0.135. The summed E-state index contributed by atoms with van der Waals surface area (Å²) in [5, 5.41) is 16.5. The molecule has 1 aliphatic rings. The highest BCUT2D eigenvalue weighted by Gasteiger charge is 2.55. The van der Waals surface area contributed by atoms with E-state index in [1.807, 2.05) is 34.9 Å². The first-order chi connectivity index (χ1) is 15.4. The van der Waals surface area contributed by atoms with Crippen LogP contribution in [0.25, 0.3) is 28.1 Å². The van der Waals surface area contributed by atoms with Gasteiger partial charge < -0.3 is 15.6 Å². The second-order valence-corrected chi connectivity index (χ2v) is 8.13. The fraction of sp³-hybridized carbons (Fsp3) is 0.238. The summed E-state index contributed by atoms with van der Waals surface area (Å²) in [6.07, 6.45) is 2.66. The largest absolute Gasteiger partial charge is 0.369 e. The van der Waals surface area contributed by atoms with E-state index in [-0.39, 0.29) is 12.5 Å². The molecule has 162 valence electrons. The van der Waals surface area contributed by atoms with Gasteiger partial charge in [-0.2, -0.15) is 4.80 Å². The first kappa shape index (κ1) is 20.1. The van der Waals surface area contributed by atoms with Gasteiger partial charge in [-0.1, -0.05) is 29.8 Å². The van der Waals surface area contributed by atoms with Crippen molar-refractivity contribution in [2.75, 3.05) is 0 Å². The number of primary amides is 1. The Morgan fingerprint density at radius 2 is 2.00 bits per heavy atom. The Morgan fingerprint density at radius 3 is 2.62 bits per heavy atom. The van der Waals surface area contributed by atoms with Crippen molar-refractivity contribution in [2.45, 2.75) is 19.4 Å². The molecule has 2 amide bonds. The van der Waals surface area contributed by atoms with Crippen LogP contribution in [0.4, 0.5) is 0 Å². The van der Waals surface area contributed by atoms with Crippen molar-refractivity contribution in [3.63, 3.8) is 0 Å². The van der Waals surface area contributed by atoms with E-state index in [1.54, 1.807) is 19.3 Å². The van der Waals surface area contributed by atoms with Gasteiger partial charge in [-0.3, -0.25) is 14.6 Å². The summed E-state index contributed by atoms with van der Waals surface area (Å²) in [4.78, 5) is 29.7. The van der Waals surface area contributed by atoms with Crippen LogP contribution in [0, 0.1) is 5.41 Å². The first-order valence-corrected chi connectivity index (χ1v) is 10.4. The molecule has 0 radical (unpaired) electrons. The zero-order chi connectivity index (χ0) is 22.5. The second-order valence-electron chi connectivity index (χ2n) is 7.75. The second kappa shape index (κ2) is 7.41. The number of rotatable bonds is 6. The first-order valence-electron chi connectivity index (χ1n) is 9.97.